The topological polar surface area (TPSA) is 55.1 Å². The number of aryl methyl sites for hydroxylation is 2. The van der Waals surface area contributed by atoms with E-state index in [0.717, 1.165) is 17.2 Å². The predicted molar refractivity (Wildman–Crippen MR) is 48.6 cm³/mol. The van der Waals surface area contributed by atoms with Crippen molar-refractivity contribution >= 4 is 5.97 Å². The lowest BCUT2D eigenvalue weighted by Crippen LogP contribution is -2.03. The van der Waals surface area contributed by atoms with Gasteiger partial charge in [0.25, 0.3) is 0 Å². The van der Waals surface area contributed by atoms with E-state index in [9.17, 15) is 4.79 Å². The van der Waals surface area contributed by atoms with E-state index in [4.69, 9.17) is 5.11 Å². The molecular weight excluding hydrogens is 168 g/mol. The van der Waals surface area contributed by atoms with Gasteiger partial charge in [-0.2, -0.15) is 0 Å². The van der Waals surface area contributed by atoms with Gasteiger partial charge in [-0.25, -0.2) is 4.98 Å². The molecule has 4 heteroatoms. The fourth-order valence-corrected chi connectivity index (χ4v) is 1.23. The smallest absolute Gasteiger partial charge is 0.303 e. The molecule has 0 aromatic carbocycles. The van der Waals surface area contributed by atoms with Crippen LogP contribution in [-0.4, -0.2) is 20.6 Å². The Morgan fingerprint density at radius 2 is 2.15 bits per heavy atom. The summed E-state index contributed by atoms with van der Waals surface area (Å²) in [5.41, 5.74) is 2.07. The Labute approximate surface area is 77.2 Å². The van der Waals surface area contributed by atoms with Gasteiger partial charge in [0.2, 0.25) is 0 Å². The number of hydrogen-bond acceptors (Lipinski definition) is 2. The highest BCUT2D eigenvalue weighted by Gasteiger charge is 2.08. The molecule has 0 unspecified atom stereocenters. The number of rotatable bonds is 3. The Balaban J connectivity index is 2.78. The van der Waals surface area contributed by atoms with Gasteiger partial charge in [-0.05, 0) is 13.8 Å². The van der Waals surface area contributed by atoms with Gasteiger partial charge in [0.05, 0.1) is 12.1 Å². The average molecular weight is 182 g/mol. The molecule has 0 aliphatic carbocycles. The third-order valence-corrected chi connectivity index (χ3v) is 2.27. The number of nitrogens with zero attached hydrogens (tertiary/aromatic N) is 2. The molecule has 1 rings (SSSR count). The summed E-state index contributed by atoms with van der Waals surface area (Å²) in [6.45, 7) is 3.91. The molecule has 0 spiro atoms. The molecule has 4 nitrogen and oxygen atoms in total. The van der Waals surface area contributed by atoms with Crippen LogP contribution in [0.5, 0.6) is 0 Å². The Morgan fingerprint density at radius 1 is 1.54 bits per heavy atom. The lowest BCUT2D eigenvalue weighted by Gasteiger charge is -2.00. The molecule has 0 radical (unpaired) electrons. The first kappa shape index (κ1) is 9.77. The fourth-order valence-electron chi connectivity index (χ4n) is 1.23. The lowest BCUT2D eigenvalue weighted by atomic mass is 10.3. The minimum absolute atomic E-state index is 0.143. The van der Waals surface area contributed by atoms with E-state index in [1.165, 1.54) is 0 Å². The first-order valence-electron chi connectivity index (χ1n) is 4.23. The Hall–Kier alpha value is -1.32. The molecule has 0 amide bonds. The maximum absolute atomic E-state index is 10.3. The van der Waals surface area contributed by atoms with Crippen LogP contribution in [0.1, 0.15) is 23.6 Å². The normalized spacial score (nSPS) is 10.4. The molecule has 0 aliphatic heterocycles. The van der Waals surface area contributed by atoms with Crippen LogP contribution in [0.15, 0.2) is 0 Å². The minimum atomic E-state index is -0.779. The molecule has 13 heavy (non-hydrogen) atoms. The summed E-state index contributed by atoms with van der Waals surface area (Å²) in [5, 5.41) is 8.50. The number of carbonyl (C=O) groups is 1. The van der Waals surface area contributed by atoms with Crippen molar-refractivity contribution in [1.82, 2.24) is 9.55 Å². The fraction of sp³-hybridized carbons (Fsp3) is 0.556. The molecule has 1 aromatic heterocycles. The first-order chi connectivity index (χ1) is 6.02. The van der Waals surface area contributed by atoms with Crippen molar-refractivity contribution in [3.63, 3.8) is 0 Å². The summed E-state index contributed by atoms with van der Waals surface area (Å²) >= 11 is 0. The number of carboxylic acids is 1. The summed E-state index contributed by atoms with van der Waals surface area (Å²) in [6, 6.07) is 0. The summed E-state index contributed by atoms with van der Waals surface area (Å²) in [6.07, 6.45) is 0.643. The zero-order valence-electron chi connectivity index (χ0n) is 8.16. The standard InChI is InChI=1S/C9H14N2O2/c1-6-7(2)11(3)8(10-6)4-5-9(12)13/h4-5H2,1-3H3,(H,12,13). The molecule has 0 saturated heterocycles. The highest BCUT2D eigenvalue weighted by molar-refractivity contribution is 5.66. The monoisotopic (exact) mass is 182 g/mol. The van der Waals surface area contributed by atoms with Gasteiger partial charge in [0.1, 0.15) is 5.82 Å². The lowest BCUT2D eigenvalue weighted by molar-refractivity contribution is -0.137. The average Bonchev–Trinajstić information content (AvgIpc) is 2.29. The third-order valence-electron chi connectivity index (χ3n) is 2.27. The number of carboxylic acid groups (broad SMARTS) is 1. The highest BCUT2D eigenvalue weighted by atomic mass is 16.4. The third kappa shape index (κ3) is 2.08. The Kier molecular flexibility index (Phi) is 2.70. The quantitative estimate of drug-likeness (QED) is 0.760. The van der Waals surface area contributed by atoms with Crippen LogP contribution in [0.25, 0.3) is 0 Å². The van der Waals surface area contributed by atoms with Crippen molar-refractivity contribution in [2.75, 3.05) is 0 Å². The molecule has 0 atom stereocenters. The molecule has 0 fully saturated rings. The molecule has 1 heterocycles. The minimum Gasteiger partial charge on any atom is -0.481 e. The molecule has 1 N–H and O–H groups in total. The van der Waals surface area contributed by atoms with E-state index in [1.807, 2.05) is 25.5 Å². The Morgan fingerprint density at radius 3 is 2.54 bits per heavy atom. The summed E-state index contributed by atoms with van der Waals surface area (Å²) in [4.78, 5) is 14.6. The summed E-state index contributed by atoms with van der Waals surface area (Å²) in [7, 11) is 1.91. The second-order valence-electron chi connectivity index (χ2n) is 3.15. The van der Waals surface area contributed by atoms with Crippen molar-refractivity contribution in [2.45, 2.75) is 26.7 Å². The van der Waals surface area contributed by atoms with Gasteiger partial charge in [-0.15, -0.1) is 0 Å². The van der Waals surface area contributed by atoms with Crippen molar-refractivity contribution in [2.24, 2.45) is 7.05 Å². The second kappa shape index (κ2) is 3.60. The molecule has 0 aliphatic rings. The van der Waals surface area contributed by atoms with E-state index in [1.54, 1.807) is 0 Å². The van der Waals surface area contributed by atoms with Crippen LogP contribution in [0.3, 0.4) is 0 Å². The molecular formula is C9H14N2O2. The SMILES string of the molecule is Cc1nc(CCC(=O)O)n(C)c1C. The van der Waals surface area contributed by atoms with Crippen molar-refractivity contribution in [3.8, 4) is 0 Å². The number of aromatic nitrogens is 2. The molecule has 72 valence electrons. The van der Waals surface area contributed by atoms with Gasteiger partial charge < -0.3 is 9.67 Å². The summed E-state index contributed by atoms with van der Waals surface area (Å²) in [5.74, 6) is 0.0655. The second-order valence-corrected chi connectivity index (χ2v) is 3.15. The largest absolute Gasteiger partial charge is 0.481 e. The number of aliphatic carboxylic acids is 1. The van der Waals surface area contributed by atoms with E-state index < -0.39 is 5.97 Å². The van der Waals surface area contributed by atoms with E-state index in [-0.39, 0.29) is 6.42 Å². The molecule has 1 aromatic rings. The van der Waals surface area contributed by atoms with Crippen LogP contribution >= 0.6 is 0 Å². The van der Waals surface area contributed by atoms with E-state index in [2.05, 4.69) is 4.98 Å². The van der Waals surface area contributed by atoms with Crippen molar-refractivity contribution < 1.29 is 9.90 Å². The van der Waals surface area contributed by atoms with Crippen LogP contribution in [-0.2, 0) is 18.3 Å². The van der Waals surface area contributed by atoms with Crippen LogP contribution < -0.4 is 0 Å². The maximum atomic E-state index is 10.3. The number of hydrogen-bond donors (Lipinski definition) is 1. The van der Waals surface area contributed by atoms with Crippen molar-refractivity contribution in [3.05, 3.63) is 17.2 Å². The zero-order chi connectivity index (χ0) is 10.0. The Bertz CT molecular complexity index is 329. The van der Waals surface area contributed by atoms with E-state index >= 15 is 0 Å². The van der Waals surface area contributed by atoms with Crippen LogP contribution in [0.4, 0.5) is 0 Å². The molecule has 0 saturated carbocycles. The van der Waals surface area contributed by atoms with Crippen molar-refractivity contribution in [1.29, 1.82) is 0 Å². The van der Waals surface area contributed by atoms with Gasteiger partial charge in [0.15, 0.2) is 0 Å². The summed E-state index contributed by atoms with van der Waals surface area (Å²) < 4.78 is 1.94. The molecule has 0 bridgehead atoms. The van der Waals surface area contributed by atoms with Crippen LogP contribution in [0, 0.1) is 13.8 Å². The van der Waals surface area contributed by atoms with Gasteiger partial charge in [-0.3, -0.25) is 4.79 Å². The van der Waals surface area contributed by atoms with E-state index in [0.29, 0.717) is 6.42 Å². The van der Waals surface area contributed by atoms with Crippen LogP contribution in [0.2, 0.25) is 0 Å². The maximum Gasteiger partial charge on any atom is 0.303 e. The first-order valence-corrected chi connectivity index (χ1v) is 4.23. The highest BCUT2D eigenvalue weighted by Crippen LogP contribution is 2.09. The zero-order valence-corrected chi connectivity index (χ0v) is 8.16. The number of imidazole rings is 1. The van der Waals surface area contributed by atoms with Gasteiger partial charge in [0, 0.05) is 19.2 Å². The van der Waals surface area contributed by atoms with Gasteiger partial charge >= 0.3 is 5.97 Å². The predicted octanol–water partition coefficient (Wildman–Crippen LogP) is 1.05. The van der Waals surface area contributed by atoms with Gasteiger partial charge in [-0.1, -0.05) is 0 Å².